The minimum absolute atomic E-state index is 0.0716. The summed E-state index contributed by atoms with van der Waals surface area (Å²) in [6.07, 6.45) is 2.23. The number of nitrogens with zero attached hydrogens (tertiary/aromatic N) is 3. The van der Waals surface area contributed by atoms with E-state index in [2.05, 4.69) is 15.4 Å². The molecule has 0 unspecified atom stereocenters. The molecular weight excluding hydrogens is 244 g/mol. The fraction of sp³-hybridized carbons (Fsp3) is 0.462. The fourth-order valence-corrected chi connectivity index (χ4v) is 1.93. The molecule has 1 atom stereocenters. The Hall–Kier alpha value is -1.95. The van der Waals surface area contributed by atoms with Gasteiger partial charge < -0.3 is 10.4 Å². The third-order valence-corrected chi connectivity index (χ3v) is 3.14. The van der Waals surface area contributed by atoms with Gasteiger partial charge >= 0.3 is 0 Å². The lowest BCUT2D eigenvalue weighted by Gasteiger charge is -2.15. The van der Waals surface area contributed by atoms with Crippen molar-refractivity contribution in [2.24, 2.45) is 0 Å². The number of aryl methyl sites for hydroxylation is 2. The van der Waals surface area contributed by atoms with E-state index in [4.69, 9.17) is 5.11 Å². The number of carbonyl (C=O) groups excluding carboxylic acids is 1. The first-order chi connectivity index (χ1) is 9.06. The quantitative estimate of drug-likeness (QED) is 0.856. The molecule has 0 aromatic carbocycles. The average molecular weight is 262 g/mol. The van der Waals surface area contributed by atoms with Crippen molar-refractivity contribution in [1.29, 1.82) is 0 Å². The number of aliphatic hydroxyl groups is 1. The summed E-state index contributed by atoms with van der Waals surface area (Å²) in [7, 11) is 0. The van der Waals surface area contributed by atoms with E-state index >= 15 is 0 Å². The number of hydrogen-bond acceptors (Lipinski definition) is 4. The van der Waals surface area contributed by atoms with E-state index < -0.39 is 0 Å². The highest BCUT2D eigenvalue weighted by Gasteiger charge is 2.16. The van der Waals surface area contributed by atoms with Gasteiger partial charge in [-0.2, -0.15) is 5.10 Å². The topological polar surface area (TPSA) is 79.5 Å². The largest absolute Gasteiger partial charge is 0.394 e. The van der Waals surface area contributed by atoms with E-state index in [1.165, 1.54) is 0 Å². The van der Waals surface area contributed by atoms with Gasteiger partial charge in [0, 0.05) is 12.3 Å². The predicted molar refractivity (Wildman–Crippen MR) is 71.1 cm³/mol. The van der Waals surface area contributed by atoms with Crippen molar-refractivity contribution in [3.63, 3.8) is 0 Å². The predicted octanol–water partition coefficient (Wildman–Crippen LogP) is 0.847. The summed E-state index contributed by atoms with van der Waals surface area (Å²) in [6.45, 7) is 5.55. The molecule has 0 radical (unpaired) electrons. The van der Waals surface area contributed by atoms with Crippen molar-refractivity contribution in [3.8, 4) is 0 Å². The Morgan fingerprint density at radius 1 is 1.53 bits per heavy atom. The standard InChI is InChI=1S/C13H18N4O2/c1-4-10(7-18)15-13(19)11-6-14-12-5-8(2)16-17(12)9(11)3/h5-6,10,18H,4,7H2,1-3H3,(H,15,19)/t10-/m0/s1. The van der Waals surface area contributed by atoms with Crippen LogP contribution in [-0.4, -0.2) is 38.3 Å². The van der Waals surface area contributed by atoms with E-state index in [0.717, 1.165) is 17.0 Å². The van der Waals surface area contributed by atoms with Crippen LogP contribution in [-0.2, 0) is 0 Å². The Balaban J connectivity index is 2.34. The number of amides is 1. The summed E-state index contributed by atoms with van der Waals surface area (Å²) >= 11 is 0. The first-order valence-corrected chi connectivity index (χ1v) is 6.30. The summed E-state index contributed by atoms with van der Waals surface area (Å²) in [5.41, 5.74) is 2.79. The Bertz CT molecular complexity index is 602. The Morgan fingerprint density at radius 2 is 2.26 bits per heavy atom. The molecule has 0 aliphatic rings. The summed E-state index contributed by atoms with van der Waals surface area (Å²) < 4.78 is 1.66. The number of aliphatic hydroxyl groups excluding tert-OH is 1. The second kappa shape index (κ2) is 5.36. The second-order valence-electron chi connectivity index (χ2n) is 4.57. The highest BCUT2D eigenvalue weighted by molar-refractivity contribution is 5.95. The number of rotatable bonds is 4. The van der Waals surface area contributed by atoms with Crippen LogP contribution in [0.4, 0.5) is 0 Å². The van der Waals surface area contributed by atoms with Crippen LogP contribution in [0.3, 0.4) is 0 Å². The van der Waals surface area contributed by atoms with Crippen LogP contribution in [0.25, 0.3) is 5.65 Å². The van der Waals surface area contributed by atoms with Gasteiger partial charge in [-0.1, -0.05) is 6.92 Å². The normalized spacial score (nSPS) is 12.6. The molecule has 6 heteroatoms. The molecule has 19 heavy (non-hydrogen) atoms. The molecule has 0 saturated heterocycles. The van der Waals surface area contributed by atoms with Crippen LogP contribution >= 0.6 is 0 Å². The molecule has 2 rings (SSSR count). The van der Waals surface area contributed by atoms with Gasteiger partial charge in [-0.15, -0.1) is 0 Å². The summed E-state index contributed by atoms with van der Waals surface area (Å²) in [5.74, 6) is -0.235. The number of aromatic nitrogens is 3. The maximum atomic E-state index is 12.1. The maximum absolute atomic E-state index is 12.1. The molecule has 102 valence electrons. The second-order valence-corrected chi connectivity index (χ2v) is 4.57. The smallest absolute Gasteiger partial charge is 0.254 e. The molecular formula is C13H18N4O2. The van der Waals surface area contributed by atoms with Crippen LogP contribution in [0.5, 0.6) is 0 Å². The number of hydrogen-bond donors (Lipinski definition) is 2. The third kappa shape index (κ3) is 2.58. The van der Waals surface area contributed by atoms with E-state index in [9.17, 15) is 4.79 Å². The molecule has 2 heterocycles. The van der Waals surface area contributed by atoms with Crippen LogP contribution < -0.4 is 5.32 Å². The first-order valence-electron chi connectivity index (χ1n) is 6.30. The van der Waals surface area contributed by atoms with E-state index in [1.54, 1.807) is 10.7 Å². The van der Waals surface area contributed by atoms with Gasteiger partial charge in [0.2, 0.25) is 0 Å². The van der Waals surface area contributed by atoms with Gasteiger partial charge in [0.05, 0.1) is 29.6 Å². The zero-order valence-electron chi connectivity index (χ0n) is 11.3. The molecule has 0 bridgehead atoms. The molecule has 0 fully saturated rings. The molecule has 2 aromatic heterocycles. The number of nitrogens with one attached hydrogen (secondary N) is 1. The minimum Gasteiger partial charge on any atom is -0.394 e. The van der Waals surface area contributed by atoms with Crippen molar-refractivity contribution < 1.29 is 9.90 Å². The van der Waals surface area contributed by atoms with E-state index in [-0.39, 0.29) is 18.6 Å². The summed E-state index contributed by atoms with van der Waals surface area (Å²) in [5, 5.41) is 16.2. The van der Waals surface area contributed by atoms with E-state index in [1.807, 2.05) is 26.8 Å². The van der Waals surface area contributed by atoms with Crippen LogP contribution in [0.15, 0.2) is 12.3 Å². The SMILES string of the molecule is CC[C@@H](CO)NC(=O)c1cnc2cc(C)nn2c1C. The molecule has 0 aliphatic carbocycles. The van der Waals surface area contributed by atoms with Gasteiger partial charge in [-0.05, 0) is 20.3 Å². The third-order valence-electron chi connectivity index (χ3n) is 3.14. The zero-order valence-corrected chi connectivity index (χ0v) is 11.3. The van der Waals surface area contributed by atoms with Crippen molar-refractivity contribution in [1.82, 2.24) is 19.9 Å². The van der Waals surface area contributed by atoms with Gasteiger partial charge in [-0.3, -0.25) is 4.79 Å². The summed E-state index contributed by atoms with van der Waals surface area (Å²) in [6, 6.07) is 1.62. The van der Waals surface area contributed by atoms with Crippen LogP contribution in [0, 0.1) is 13.8 Å². The van der Waals surface area contributed by atoms with Crippen LogP contribution in [0.1, 0.15) is 35.1 Å². The van der Waals surface area contributed by atoms with Gasteiger partial charge in [0.25, 0.3) is 5.91 Å². The summed E-state index contributed by atoms with van der Waals surface area (Å²) in [4.78, 5) is 16.4. The van der Waals surface area contributed by atoms with Crippen LogP contribution in [0.2, 0.25) is 0 Å². The van der Waals surface area contributed by atoms with E-state index in [0.29, 0.717) is 12.0 Å². The first kappa shape index (κ1) is 13.5. The number of fused-ring (bicyclic) bond motifs is 1. The molecule has 0 saturated carbocycles. The molecule has 2 aromatic rings. The highest BCUT2D eigenvalue weighted by Crippen LogP contribution is 2.11. The molecule has 0 aliphatic heterocycles. The number of carbonyl (C=O) groups is 1. The maximum Gasteiger partial charge on any atom is 0.254 e. The van der Waals surface area contributed by atoms with Crippen molar-refractivity contribution in [3.05, 3.63) is 29.2 Å². The Labute approximate surface area is 111 Å². The Morgan fingerprint density at radius 3 is 2.89 bits per heavy atom. The lowest BCUT2D eigenvalue weighted by atomic mass is 10.2. The zero-order chi connectivity index (χ0) is 14.0. The molecule has 0 spiro atoms. The van der Waals surface area contributed by atoms with Crippen molar-refractivity contribution >= 4 is 11.6 Å². The molecule has 1 amide bonds. The Kier molecular flexibility index (Phi) is 3.80. The monoisotopic (exact) mass is 262 g/mol. The van der Waals surface area contributed by atoms with Crippen molar-refractivity contribution in [2.75, 3.05) is 6.61 Å². The lowest BCUT2D eigenvalue weighted by molar-refractivity contribution is 0.0913. The van der Waals surface area contributed by atoms with Gasteiger partial charge in [-0.25, -0.2) is 9.50 Å². The minimum atomic E-state index is -0.235. The molecule has 2 N–H and O–H groups in total. The van der Waals surface area contributed by atoms with Gasteiger partial charge in [0.1, 0.15) is 0 Å². The van der Waals surface area contributed by atoms with Crippen molar-refractivity contribution in [2.45, 2.75) is 33.2 Å². The lowest BCUT2D eigenvalue weighted by Crippen LogP contribution is -2.37. The molecule has 6 nitrogen and oxygen atoms in total. The average Bonchev–Trinajstić information content (AvgIpc) is 2.77. The highest BCUT2D eigenvalue weighted by atomic mass is 16.3. The fourth-order valence-electron chi connectivity index (χ4n) is 1.93. The van der Waals surface area contributed by atoms with Gasteiger partial charge in [0.15, 0.2) is 5.65 Å².